The second kappa shape index (κ2) is 11.9. The molecule has 0 radical (unpaired) electrons. The van der Waals surface area contributed by atoms with Crippen LogP contribution in [0.25, 0.3) is 0 Å². The van der Waals surface area contributed by atoms with E-state index < -0.39 is 5.97 Å². The van der Waals surface area contributed by atoms with Gasteiger partial charge in [0, 0.05) is 12.4 Å². The lowest BCUT2D eigenvalue weighted by Crippen LogP contribution is -1.93. The Labute approximate surface area is 69.9 Å². The molecule has 0 saturated carbocycles. The summed E-state index contributed by atoms with van der Waals surface area (Å²) in [6.07, 6.45) is 1.45. The van der Waals surface area contributed by atoms with Gasteiger partial charge in [-0.25, -0.2) is 9.79 Å². The van der Waals surface area contributed by atoms with E-state index >= 15 is 0 Å². The minimum absolute atomic E-state index is 0.0571. The maximum atomic E-state index is 9.51. The van der Waals surface area contributed by atoms with Crippen LogP contribution in [0.2, 0.25) is 0 Å². The average Bonchev–Trinajstić information content (AvgIpc) is 1.90. The smallest absolute Gasteiger partial charge is 0.304 e. The minimum Gasteiger partial charge on any atom is -0.481 e. The number of carbonyl (C=O) groups excluding carboxylic acids is 1. The Bertz CT molecular complexity index is 143. The largest absolute Gasteiger partial charge is 0.481 e. The zero-order chi connectivity index (χ0) is 9.11. The van der Waals surface area contributed by atoms with Crippen LogP contribution < -0.4 is 0 Å². The fourth-order valence-electron chi connectivity index (χ4n) is 0.145. The van der Waals surface area contributed by atoms with Gasteiger partial charge in [0.25, 0.3) is 0 Å². The summed E-state index contributed by atoms with van der Waals surface area (Å²) in [7, 11) is 0. The van der Waals surface area contributed by atoms with Crippen LogP contribution in [-0.2, 0) is 9.59 Å². The molecule has 0 aliphatic carbocycles. The SMILES string of the molecule is CCN=C=O.O=C(O)CCCl. The molecule has 0 unspecified atom stereocenters. The van der Waals surface area contributed by atoms with E-state index in [-0.39, 0.29) is 12.3 Å². The molecule has 4 nitrogen and oxygen atoms in total. The van der Waals surface area contributed by atoms with Crippen LogP contribution in [0.3, 0.4) is 0 Å². The van der Waals surface area contributed by atoms with Crippen LogP contribution >= 0.6 is 11.6 Å². The molecule has 5 heteroatoms. The van der Waals surface area contributed by atoms with E-state index in [1.165, 1.54) is 6.08 Å². The highest BCUT2D eigenvalue weighted by Gasteiger charge is 1.89. The van der Waals surface area contributed by atoms with Crippen LogP contribution in [0.4, 0.5) is 0 Å². The minimum atomic E-state index is -0.843. The standard InChI is InChI=1S/C3H5ClO2.C3H5NO/c4-2-1-3(5)6;1-2-4-3-5/h1-2H2,(H,5,6);2H2,1H3. The molecule has 0 fully saturated rings. The quantitative estimate of drug-likeness (QED) is 0.400. The maximum absolute atomic E-state index is 9.51. The first-order valence-electron chi connectivity index (χ1n) is 3.00. The highest BCUT2D eigenvalue weighted by molar-refractivity contribution is 6.18. The average molecular weight is 180 g/mol. The van der Waals surface area contributed by atoms with Crippen molar-refractivity contribution in [2.24, 2.45) is 4.99 Å². The van der Waals surface area contributed by atoms with Crippen molar-refractivity contribution in [3.05, 3.63) is 0 Å². The molecule has 0 amide bonds. The summed E-state index contributed by atoms with van der Waals surface area (Å²) < 4.78 is 0. The van der Waals surface area contributed by atoms with Crippen molar-refractivity contribution >= 4 is 23.7 Å². The predicted octanol–water partition coefficient (Wildman–Crippen LogP) is 1.04. The zero-order valence-corrected chi connectivity index (χ0v) is 6.97. The van der Waals surface area contributed by atoms with Gasteiger partial charge in [-0.15, -0.1) is 11.6 Å². The number of aliphatic carboxylic acids is 1. The summed E-state index contributed by atoms with van der Waals surface area (Å²) in [5.74, 6) is -0.639. The van der Waals surface area contributed by atoms with Crippen molar-refractivity contribution in [3.63, 3.8) is 0 Å². The van der Waals surface area contributed by atoms with Gasteiger partial charge in [0.2, 0.25) is 6.08 Å². The Morgan fingerprint density at radius 3 is 2.27 bits per heavy atom. The molecule has 0 aliphatic heterocycles. The van der Waals surface area contributed by atoms with Crippen molar-refractivity contribution in [1.29, 1.82) is 0 Å². The molecular weight excluding hydrogens is 170 g/mol. The number of hydrogen-bond acceptors (Lipinski definition) is 3. The topological polar surface area (TPSA) is 66.7 Å². The number of nitrogens with zero attached hydrogens (tertiary/aromatic N) is 1. The molecule has 0 saturated heterocycles. The van der Waals surface area contributed by atoms with Gasteiger partial charge in [0.1, 0.15) is 0 Å². The first kappa shape index (κ1) is 12.8. The van der Waals surface area contributed by atoms with Crippen molar-refractivity contribution in [2.45, 2.75) is 13.3 Å². The van der Waals surface area contributed by atoms with Gasteiger partial charge in [0.05, 0.1) is 6.42 Å². The van der Waals surface area contributed by atoms with Gasteiger partial charge < -0.3 is 5.11 Å². The summed E-state index contributed by atoms with van der Waals surface area (Å²) in [5, 5.41) is 7.83. The lowest BCUT2D eigenvalue weighted by molar-refractivity contribution is -0.136. The molecule has 0 aliphatic rings. The van der Waals surface area contributed by atoms with Crippen molar-refractivity contribution in [2.75, 3.05) is 12.4 Å². The number of hydrogen-bond donors (Lipinski definition) is 1. The molecule has 0 aromatic carbocycles. The summed E-state index contributed by atoms with van der Waals surface area (Å²) in [4.78, 5) is 21.8. The van der Waals surface area contributed by atoms with Crippen molar-refractivity contribution in [1.82, 2.24) is 0 Å². The number of aliphatic imine (C=N–C) groups is 1. The van der Waals surface area contributed by atoms with Gasteiger partial charge >= 0.3 is 5.97 Å². The molecule has 0 spiro atoms. The van der Waals surface area contributed by atoms with E-state index in [0.717, 1.165) is 0 Å². The predicted molar refractivity (Wildman–Crippen MR) is 41.6 cm³/mol. The molecule has 0 atom stereocenters. The molecule has 0 aromatic rings. The number of rotatable bonds is 3. The van der Waals surface area contributed by atoms with Gasteiger partial charge in [0.15, 0.2) is 0 Å². The van der Waals surface area contributed by atoms with Crippen LogP contribution in [0.15, 0.2) is 4.99 Å². The molecule has 0 rings (SSSR count). The third-order valence-corrected chi connectivity index (χ3v) is 0.720. The first-order chi connectivity index (χ1) is 5.18. The Balaban J connectivity index is 0. The Kier molecular flexibility index (Phi) is 13.8. The van der Waals surface area contributed by atoms with Gasteiger partial charge in [-0.3, -0.25) is 4.79 Å². The number of carboxylic acids is 1. The van der Waals surface area contributed by atoms with Crippen LogP contribution in [-0.4, -0.2) is 29.6 Å². The van der Waals surface area contributed by atoms with Crippen molar-refractivity contribution < 1.29 is 14.7 Å². The van der Waals surface area contributed by atoms with E-state index in [9.17, 15) is 4.79 Å². The Morgan fingerprint density at radius 2 is 2.27 bits per heavy atom. The Hall–Kier alpha value is -0.860. The van der Waals surface area contributed by atoms with Gasteiger partial charge in [-0.2, -0.15) is 0 Å². The van der Waals surface area contributed by atoms with E-state index in [1.807, 2.05) is 0 Å². The lowest BCUT2D eigenvalue weighted by Gasteiger charge is -1.78. The third-order valence-electron chi connectivity index (χ3n) is 0.531. The lowest BCUT2D eigenvalue weighted by atomic mass is 10.5. The summed E-state index contributed by atoms with van der Waals surface area (Å²) in [6, 6.07) is 0. The van der Waals surface area contributed by atoms with E-state index in [0.29, 0.717) is 6.54 Å². The maximum Gasteiger partial charge on any atom is 0.304 e. The van der Waals surface area contributed by atoms with E-state index in [4.69, 9.17) is 21.5 Å². The molecule has 1 N–H and O–H groups in total. The summed E-state index contributed by atoms with van der Waals surface area (Å²) in [6.45, 7) is 2.33. The first-order valence-corrected chi connectivity index (χ1v) is 3.53. The van der Waals surface area contributed by atoms with Crippen LogP contribution in [0, 0.1) is 0 Å². The molecule has 11 heavy (non-hydrogen) atoms. The monoisotopic (exact) mass is 179 g/mol. The van der Waals surface area contributed by atoms with E-state index in [1.54, 1.807) is 6.92 Å². The van der Waals surface area contributed by atoms with E-state index in [2.05, 4.69) is 4.99 Å². The fraction of sp³-hybridized carbons (Fsp3) is 0.667. The molecular formula is C6H10ClNO3. The van der Waals surface area contributed by atoms with Crippen LogP contribution in [0.5, 0.6) is 0 Å². The Morgan fingerprint density at radius 1 is 1.73 bits per heavy atom. The number of halogens is 1. The second-order valence-electron chi connectivity index (χ2n) is 1.40. The zero-order valence-electron chi connectivity index (χ0n) is 6.21. The van der Waals surface area contributed by atoms with Crippen LogP contribution in [0.1, 0.15) is 13.3 Å². The second-order valence-corrected chi connectivity index (χ2v) is 1.78. The van der Waals surface area contributed by atoms with Gasteiger partial charge in [-0.05, 0) is 6.92 Å². The van der Waals surface area contributed by atoms with Gasteiger partial charge in [-0.1, -0.05) is 0 Å². The normalized spacial score (nSPS) is 7.09. The van der Waals surface area contributed by atoms with Crippen molar-refractivity contribution in [3.8, 4) is 0 Å². The molecule has 0 heterocycles. The summed E-state index contributed by atoms with van der Waals surface area (Å²) in [5.41, 5.74) is 0. The highest BCUT2D eigenvalue weighted by Crippen LogP contribution is 1.80. The molecule has 64 valence electrons. The number of carboxylic acid groups (broad SMARTS) is 1. The summed E-state index contributed by atoms with van der Waals surface area (Å²) >= 11 is 5.02. The number of alkyl halides is 1. The third kappa shape index (κ3) is 27.2. The molecule has 0 aromatic heterocycles. The number of carbonyl (C=O) groups is 1. The fourth-order valence-corrected chi connectivity index (χ4v) is 0.307. The molecule has 0 bridgehead atoms. The number of isocyanates is 1. The highest BCUT2D eigenvalue weighted by atomic mass is 35.5.